The van der Waals surface area contributed by atoms with Gasteiger partial charge in [-0.15, -0.1) is 0 Å². The number of benzene rings is 7. The predicted molar refractivity (Wildman–Crippen MR) is 281 cm³/mol. The third-order valence-corrected chi connectivity index (χ3v) is 16.1. The Morgan fingerprint density at radius 1 is 0.357 bits per heavy atom. The van der Waals surface area contributed by atoms with Crippen molar-refractivity contribution in [3.8, 4) is 67.9 Å². The number of anilines is 3. The van der Waals surface area contributed by atoms with Crippen molar-refractivity contribution in [3.05, 3.63) is 247 Å². The molecule has 9 heteroatoms. The monoisotopic (exact) mass is 931 g/mol. The van der Waals surface area contributed by atoms with Crippen molar-refractivity contribution in [2.75, 3.05) is 4.90 Å². The molecular formula is C61H37N7S2. The summed E-state index contributed by atoms with van der Waals surface area (Å²) in [5.41, 5.74) is 15.7. The van der Waals surface area contributed by atoms with Crippen LogP contribution in [0, 0.1) is 0 Å². The van der Waals surface area contributed by atoms with E-state index in [1.807, 2.05) is 115 Å². The summed E-state index contributed by atoms with van der Waals surface area (Å²) in [7, 11) is 0. The molecule has 70 heavy (non-hydrogen) atoms. The molecule has 0 bridgehead atoms. The smallest absolute Gasteiger partial charge is 0.164 e. The molecule has 1 spiro atoms. The van der Waals surface area contributed by atoms with E-state index < -0.39 is 5.41 Å². The van der Waals surface area contributed by atoms with E-state index in [1.165, 1.54) is 30.7 Å². The average molecular weight is 932 g/mol. The lowest BCUT2D eigenvalue weighted by atomic mass is 9.67. The van der Waals surface area contributed by atoms with Gasteiger partial charge in [-0.2, -0.15) is 0 Å². The highest BCUT2D eigenvalue weighted by Gasteiger charge is 2.52. The number of pyridine rings is 3. The maximum Gasteiger partial charge on any atom is 0.164 e. The zero-order valence-corrected chi connectivity index (χ0v) is 38.9. The first-order valence-electron chi connectivity index (χ1n) is 23.2. The minimum atomic E-state index is -0.699. The van der Waals surface area contributed by atoms with Gasteiger partial charge in [0, 0.05) is 66.7 Å². The maximum absolute atomic E-state index is 5.66. The molecule has 328 valence electrons. The first-order valence-corrected chi connectivity index (χ1v) is 24.8. The van der Waals surface area contributed by atoms with Gasteiger partial charge >= 0.3 is 0 Å². The second-order valence-electron chi connectivity index (χ2n) is 17.4. The number of fused-ring (bicyclic) bond motifs is 12. The van der Waals surface area contributed by atoms with Crippen molar-refractivity contribution in [3.63, 3.8) is 0 Å². The number of rotatable bonds is 6. The Kier molecular flexibility index (Phi) is 9.47. The fourth-order valence-corrected chi connectivity index (χ4v) is 13.1. The molecule has 1 aliphatic carbocycles. The first kappa shape index (κ1) is 40.6. The summed E-state index contributed by atoms with van der Waals surface area (Å²) in [6.45, 7) is 0. The Morgan fingerprint density at radius 2 is 0.943 bits per heavy atom. The highest BCUT2D eigenvalue weighted by atomic mass is 32.2. The summed E-state index contributed by atoms with van der Waals surface area (Å²) in [5.74, 6) is 1.80. The maximum atomic E-state index is 5.66. The Hall–Kier alpha value is -8.50. The van der Waals surface area contributed by atoms with E-state index in [4.69, 9.17) is 24.9 Å². The lowest BCUT2D eigenvalue weighted by Gasteiger charge is -2.42. The minimum absolute atomic E-state index is 0.578. The van der Waals surface area contributed by atoms with Gasteiger partial charge in [0.2, 0.25) is 0 Å². The third-order valence-electron chi connectivity index (χ3n) is 13.6. The fourth-order valence-electron chi connectivity index (χ4n) is 10.6. The van der Waals surface area contributed by atoms with Gasteiger partial charge in [-0.3, -0.25) is 9.97 Å². The van der Waals surface area contributed by atoms with Gasteiger partial charge in [0.25, 0.3) is 0 Å². The molecule has 0 N–H and O–H groups in total. The fraction of sp³-hybridized carbons (Fsp3) is 0.0164. The molecule has 0 saturated carbocycles. The number of aromatic nitrogens is 6. The number of hydrogen-bond donors (Lipinski definition) is 0. The van der Waals surface area contributed by atoms with Gasteiger partial charge in [0.1, 0.15) is 0 Å². The Morgan fingerprint density at radius 3 is 1.71 bits per heavy atom. The zero-order valence-electron chi connectivity index (χ0n) is 37.3. The van der Waals surface area contributed by atoms with Crippen LogP contribution in [0.4, 0.5) is 17.1 Å². The molecule has 1 unspecified atom stereocenters. The topological polar surface area (TPSA) is 80.6 Å². The molecule has 0 saturated heterocycles. The molecular weight excluding hydrogens is 895 g/mol. The molecule has 7 aromatic carbocycles. The molecule has 14 rings (SSSR count). The predicted octanol–water partition coefficient (Wildman–Crippen LogP) is 15.2. The van der Waals surface area contributed by atoms with Crippen molar-refractivity contribution in [2.24, 2.45) is 0 Å². The number of nitrogens with zero attached hydrogens (tertiary/aromatic N) is 7. The molecule has 0 amide bonds. The molecule has 0 radical (unpaired) electrons. The van der Waals surface area contributed by atoms with Gasteiger partial charge in [0.05, 0.1) is 44.5 Å². The Balaban J connectivity index is 0.966. The summed E-state index contributed by atoms with van der Waals surface area (Å²) in [4.78, 5) is 37.9. The van der Waals surface area contributed by atoms with Crippen molar-refractivity contribution in [1.82, 2.24) is 29.9 Å². The lowest BCUT2D eigenvalue weighted by molar-refractivity contribution is 0.711. The van der Waals surface area contributed by atoms with E-state index in [0.717, 1.165) is 78.7 Å². The van der Waals surface area contributed by atoms with Crippen LogP contribution in [-0.4, -0.2) is 29.9 Å². The number of hydrogen-bond acceptors (Lipinski definition) is 9. The van der Waals surface area contributed by atoms with Crippen LogP contribution in [0.5, 0.6) is 0 Å². The number of para-hydroxylation sites is 2. The van der Waals surface area contributed by atoms with Crippen LogP contribution in [0.15, 0.2) is 244 Å². The van der Waals surface area contributed by atoms with Crippen molar-refractivity contribution in [2.45, 2.75) is 25.0 Å². The van der Waals surface area contributed by atoms with E-state index in [1.54, 1.807) is 0 Å². The second-order valence-corrected chi connectivity index (χ2v) is 19.5. The first-order chi connectivity index (χ1) is 34.7. The lowest BCUT2D eigenvalue weighted by Crippen LogP contribution is -2.32. The summed E-state index contributed by atoms with van der Waals surface area (Å²) >= 11 is 3.71. The minimum Gasteiger partial charge on any atom is -0.308 e. The summed E-state index contributed by atoms with van der Waals surface area (Å²) < 4.78 is 0. The highest BCUT2D eigenvalue weighted by molar-refractivity contribution is 8.02. The zero-order chi connectivity index (χ0) is 46.2. The van der Waals surface area contributed by atoms with Gasteiger partial charge < -0.3 is 4.90 Å². The van der Waals surface area contributed by atoms with Crippen molar-refractivity contribution < 1.29 is 0 Å². The average Bonchev–Trinajstić information content (AvgIpc) is 3.73. The normalized spacial score (nSPS) is 14.8. The van der Waals surface area contributed by atoms with Crippen LogP contribution in [-0.2, 0) is 5.41 Å². The van der Waals surface area contributed by atoms with Crippen LogP contribution in [0.2, 0.25) is 0 Å². The van der Waals surface area contributed by atoms with E-state index in [9.17, 15) is 0 Å². The van der Waals surface area contributed by atoms with Gasteiger partial charge in [-0.05, 0) is 70.8 Å². The second kappa shape index (κ2) is 16.3. The van der Waals surface area contributed by atoms with Crippen LogP contribution < -0.4 is 4.90 Å². The molecule has 4 aromatic heterocycles. The van der Waals surface area contributed by atoms with E-state index in [2.05, 4.69) is 143 Å². The Bertz CT molecular complexity index is 3810. The van der Waals surface area contributed by atoms with Crippen molar-refractivity contribution in [1.29, 1.82) is 0 Å². The van der Waals surface area contributed by atoms with Crippen LogP contribution in [0.1, 0.15) is 22.3 Å². The molecule has 6 heterocycles. The largest absolute Gasteiger partial charge is 0.308 e. The van der Waals surface area contributed by atoms with Crippen LogP contribution >= 0.6 is 23.5 Å². The van der Waals surface area contributed by atoms with Crippen LogP contribution in [0.3, 0.4) is 0 Å². The van der Waals surface area contributed by atoms with Crippen LogP contribution in [0.25, 0.3) is 67.9 Å². The molecule has 11 aromatic rings. The molecule has 7 nitrogen and oxygen atoms in total. The Labute approximate surface area is 413 Å². The summed E-state index contributed by atoms with van der Waals surface area (Å²) in [6.07, 6.45) is 5.67. The van der Waals surface area contributed by atoms with E-state index in [0.29, 0.717) is 17.5 Å². The standard InChI is InChI=1S/C61H37N7S2/c1-3-17-38(18-4-1)58-65-59(39-19-5-2-6-20-39)67-60(66-58)43-24-8-7-23-42(43)48-33-31-46-55(64-48)54-45(26-16-36-63-54)61(46)44-25-10-13-29-52(44)69-56-47(61)32-34-51-57(56)70-53-30-14-12-28-50(53)68(51)49-27-11-9-22-41(49)40-21-15-35-62-37-40/h1-37H. The van der Waals surface area contributed by atoms with E-state index >= 15 is 0 Å². The van der Waals surface area contributed by atoms with Gasteiger partial charge in [0.15, 0.2) is 17.5 Å². The SMILES string of the molecule is c1ccc(-c2nc(-c3ccccc3)nc(-c3ccccc3-c3ccc4c(n3)-c3ncccc3C43c4ccccc4Sc4c3ccc3c4Sc4ccccc4N3c3ccccc3-c3cccnc3)n2)cc1. The third kappa shape index (κ3) is 6.25. The highest BCUT2D eigenvalue weighted by Crippen LogP contribution is 2.65. The molecule has 1 atom stereocenters. The summed E-state index contributed by atoms with van der Waals surface area (Å²) in [6, 6.07) is 72.4. The van der Waals surface area contributed by atoms with E-state index in [-0.39, 0.29) is 0 Å². The summed E-state index contributed by atoms with van der Waals surface area (Å²) in [5, 5.41) is 0. The molecule has 0 fully saturated rings. The molecule has 3 aliphatic rings. The molecule has 2 aliphatic heterocycles. The van der Waals surface area contributed by atoms with Gasteiger partial charge in [-0.25, -0.2) is 19.9 Å². The quantitative estimate of drug-likeness (QED) is 0.162. The van der Waals surface area contributed by atoms with Gasteiger partial charge in [-0.1, -0.05) is 181 Å². The van der Waals surface area contributed by atoms with Crippen molar-refractivity contribution >= 4 is 40.6 Å².